The number of nitrogens with one attached hydrogen (secondary N) is 2. The largest absolute Gasteiger partial charge is 0.489 e. The second-order valence-corrected chi connectivity index (χ2v) is 15.2. The lowest BCUT2D eigenvalue weighted by Crippen LogP contribution is -2.61. The molecular weight excluding hydrogens is 634 g/mol. The van der Waals surface area contributed by atoms with E-state index in [-0.39, 0.29) is 31.0 Å². The van der Waals surface area contributed by atoms with Crippen molar-refractivity contribution in [2.24, 2.45) is 5.41 Å². The molecule has 0 bridgehead atoms. The average molecular weight is 684 g/mol. The van der Waals surface area contributed by atoms with Crippen molar-refractivity contribution in [2.45, 2.75) is 104 Å². The zero-order valence-electron chi connectivity index (χ0n) is 30.1. The molecule has 0 saturated carbocycles. The number of alkyl carbamates (subject to hydrolysis) is 1. The Kier molecular flexibility index (Phi) is 10.9. The monoisotopic (exact) mass is 683 g/mol. The Labute approximate surface area is 294 Å². The predicted molar refractivity (Wildman–Crippen MR) is 189 cm³/mol. The smallest absolute Gasteiger partial charge is 0.408 e. The minimum absolute atomic E-state index is 0.151. The molecule has 266 valence electrons. The molecule has 50 heavy (non-hydrogen) atoms. The molecule has 3 amide bonds. The van der Waals surface area contributed by atoms with E-state index in [2.05, 4.69) is 22.8 Å². The van der Waals surface area contributed by atoms with Gasteiger partial charge in [0.25, 0.3) is 0 Å². The third-order valence-corrected chi connectivity index (χ3v) is 9.13. The molecule has 3 atom stereocenters. The highest BCUT2D eigenvalue weighted by Crippen LogP contribution is 2.33. The second-order valence-electron chi connectivity index (χ2n) is 15.2. The van der Waals surface area contributed by atoms with Crippen LogP contribution >= 0.6 is 0 Å². The molecular formula is C40H49N3O7. The summed E-state index contributed by atoms with van der Waals surface area (Å²) in [4.78, 5) is 55.2. The van der Waals surface area contributed by atoms with E-state index >= 15 is 0 Å². The second kappa shape index (κ2) is 14.9. The van der Waals surface area contributed by atoms with Crippen LogP contribution in [0.2, 0.25) is 0 Å². The first kappa shape index (κ1) is 36.4. The number of aryl methyl sites for hydroxylation is 1. The van der Waals surface area contributed by atoms with E-state index in [1.165, 1.54) is 12.7 Å². The SMILES string of the molecule is COC(=O)c1ccc(COc2ccc3c(c2)CN(C(=O)C(NC(=O)OC(C)(C)C)C(C)(C)C)C(C(=O)NC2CCCc4ccccc42)C3)cc1. The molecule has 2 aliphatic rings. The van der Waals surface area contributed by atoms with Crippen LogP contribution in [0.25, 0.3) is 0 Å². The van der Waals surface area contributed by atoms with E-state index < -0.39 is 35.2 Å². The van der Waals surface area contributed by atoms with Gasteiger partial charge in [0.15, 0.2) is 0 Å². The Bertz CT molecular complexity index is 1720. The maximum atomic E-state index is 14.6. The highest BCUT2D eigenvalue weighted by Gasteiger charge is 2.43. The molecule has 1 heterocycles. The molecule has 0 saturated heterocycles. The van der Waals surface area contributed by atoms with Crippen molar-refractivity contribution in [2.75, 3.05) is 7.11 Å². The molecule has 0 fully saturated rings. The highest BCUT2D eigenvalue weighted by atomic mass is 16.6. The highest BCUT2D eigenvalue weighted by molar-refractivity contribution is 5.93. The van der Waals surface area contributed by atoms with E-state index in [1.807, 2.05) is 63.2 Å². The van der Waals surface area contributed by atoms with Gasteiger partial charge in [0.05, 0.1) is 18.7 Å². The number of benzene rings is 3. The lowest BCUT2D eigenvalue weighted by atomic mass is 9.84. The molecule has 0 aromatic heterocycles. The van der Waals surface area contributed by atoms with Crippen molar-refractivity contribution in [3.8, 4) is 5.75 Å². The van der Waals surface area contributed by atoms with Gasteiger partial charge in [-0.3, -0.25) is 9.59 Å². The molecule has 10 nitrogen and oxygen atoms in total. The standard InChI is InChI=1S/C40H49N3O7/c1-39(2,3)34(42-38(47)50-40(4,5)6)36(45)43-23-29-21-30(49-24-25-15-17-27(18-16-25)37(46)48-7)20-19-28(29)22-33(43)35(44)41-32-14-10-12-26-11-8-9-13-31(26)32/h8-9,11,13,15-21,32-34H,10,12,14,22-24H2,1-7H3,(H,41,44)(H,42,47). The van der Waals surface area contributed by atoms with E-state index in [4.69, 9.17) is 14.2 Å². The molecule has 1 aliphatic heterocycles. The van der Waals surface area contributed by atoms with Gasteiger partial charge in [-0.05, 0) is 97.5 Å². The minimum Gasteiger partial charge on any atom is -0.489 e. The summed E-state index contributed by atoms with van der Waals surface area (Å²) in [6.07, 6.45) is 2.36. The maximum absolute atomic E-state index is 14.6. The number of rotatable bonds is 8. The van der Waals surface area contributed by atoms with Crippen LogP contribution in [0.5, 0.6) is 5.75 Å². The quantitative estimate of drug-likeness (QED) is 0.262. The zero-order valence-corrected chi connectivity index (χ0v) is 30.1. The summed E-state index contributed by atoms with van der Waals surface area (Å²) in [6, 6.07) is 19.0. The molecule has 3 unspecified atom stereocenters. The van der Waals surface area contributed by atoms with E-state index in [0.717, 1.165) is 41.5 Å². The van der Waals surface area contributed by atoms with Crippen LogP contribution in [0.1, 0.15) is 98.6 Å². The Morgan fingerprint density at radius 1 is 0.900 bits per heavy atom. The van der Waals surface area contributed by atoms with E-state index in [9.17, 15) is 19.2 Å². The zero-order chi connectivity index (χ0) is 36.2. The van der Waals surface area contributed by atoms with Gasteiger partial charge < -0.3 is 29.7 Å². The van der Waals surface area contributed by atoms with Crippen LogP contribution in [0.15, 0.2) is 66.7 Å². The van der Waals surface area contributed by atoms with Crippen molar-refractivity contribution in [1.29, 1.82) is 0 Å². The van der Waals surface area contributed by atoms with Gasteiger partial charge in [0.2, 0.25) is 11.8 Å². The summed E-state index contributed by atoms with van der Waals surface area (Å²) in [5.41, 5.74) is 4.03. The number of carbonyl (C=O) groups excluding carboxylic acids is 4. The number of hydrogen-bond donors (Lipinski definition) is 2. The van der Waals surface area contributed by atoms with Gasteiger partial charge in [0.1, 0.15) is 30.0 Å². The van der Waals surface area contributed by atoms with Crippen LogP contribution in [0.4, 0.5) is 4.79 Å². The van der Waals surface area contributed by atoms with Gasteiger partial charge in [0, 0.05) is 13.0 Å². The maximum Gasteiger partial charge on any atom is 0.408 e. The van der Waals surface area contributed by atoms with Gasteiger partial charge in [-0.1, -0.05) is 63.2 Å². The molecule has 5 rings (SSSR count). The molecule has 0 radical (unpaired) electrons. The summed E-state index contributed by atoms with van der Waals surface area (Å²) in [6.45, 7) is 11.4. The van der Waals surface area contributed by atoms with Crippen molar-refractivity contribution in [3.05, 3.63) is 100 Å². The number of amides is 3. The van der Waals surface area contributed by atoms with Crippen molar-refractivity contribution >= 4 is 23.9 Å². The van der Waals surface area contributed by atoms with Gasteiger partial charge in [-0.15, -0.1) is 0 Å². The number of ether oxygens (including phenoxy) is 3. The molecule has 3 aromatic rings. The topological polar surface area (TPSA) is 123 Å². The summed E-state index contributed by atoms with van der Waals surface area (Å²) < 4.78 is 16.4. The number of nitrogens with zero attached hydrogens (tertiary/aromatic N) is 1. The number of esters is 1. The average Bonchev–Trinajstić information content (AvgIpc) is 3.07. The summed E-state index contributed by atoms with van der Waals surface area (Å²) >= 11 is 0. The van der Waals surface area contributed by atoms with Gasteiger partial charge >= 0.3 is 12.1 Å². The molecule has 10 heteroatoms. The Hall–Kier alpha value is -4.86. The van der Waals surface area contributed by atoms with Gasteiger partial charge in [-0.2, -0.15) is 0 Å². The third-order valence-electron chi connectivity index (χ3n) is 9.13. The predicted octanol–water partition coefficient (Wildman–Crippen LogP) is 6.44. The number of fused-ring (bicyclic) bond motifs is 2. The molecule has 1 aliphatic carbocycles. The van der Waals surface area contributed by atoms with E-state index in [0.29, 0.717) is 17.7 Å². The summed E-state index contributed by atoms with van der Waals surface area (Å²) in [7, 11) is 1.34. The first-order valence-corrected chi connectivity index (χ1v) is 17.2. The molecule has 0 spiro atoms. The van der Waals surface area contributed by atoms with Gasteiger partial charge in [-0.25, -0.2) is 9.59 Å². The first-order valence-electron chi connectivity index (χ1n) is 17.2. The fourth-order valence-corrected chi connectivity index (χ4v) is 6.55. The summed E-state index contributed by atoms with van der Waals surface area (Å²) in [5.74, 6) is -0.396. The lowest BCUT2D eigenvalue weighted by molar-refractivity contribution is -0.145. The first-order chi connectivity index (χ1) is 23.6. The van der Waals surface area contributed by atoms with Crippen LogP contribution in [-0.4, -0.2) is 53.6 Å². The van der Waals surface area contributed by atoms with Crippen molar-refractivity contribution < 1.29 is 33.4 Å². The van der Waals surface area contributed by atoms with Crippen LogP contribution in [0, 0.1) is 5.41 Å². The molecule has 2 N–H and O–H groups in total. The fourth-order valence-electron chi connectivity index (χ4n) is 6.55. The number of carbonyl (C=O) groups is 4. The fraction of sp³-hybridized carbons (Fsp3) is 0.450. The summed E-state index contributed by atoms with van der Waals surface area (Å²) in [5, 5.41) is 6.09. The van der Waals surface area contributed by atoms with E-state index in [1.54, 1.807) is 37.8 Å². The molecule has 3 aromatic carbocycles. The van der Waals surface area contributed by atoms with Crippen molar-refractivity contribution in [1.82, 2.24) is 15.5 Å². The van der Waals surface area contributed by atoms with Crippen molar-refractivity contribution in [3.63, 3.8) is 0 Å². The number of methoxy groups -OCH3 is 1. The normalized spacial score (nSPS) is 17.8. The minimum atomic E-state index is -0.961. The van der Waals surface area contributed by atoms with Crippen LogP contribution in [0.3, 0.4) is 0 Å². The van der Waals surface area contributed by atoms with Crippen LogP contribution in [-0.2, 0) is 45.1 Å². The number of hydrogen-bond acceptors (Lipinski definition) is 7. The third kappa shape index (κ3) is 8.83. The Morgan fingerprint density at radius 3 is 2.30 bits per heavy atom. The van der Waals surface area contributed by atoms with Crippen LogP contribution < -0.4 is 15.4 Å². The Morgan fingerprint density at radius 2 is 1.62 bits per heavy atom. The Balaban J connectivity index is 1.41. The lowest BCUT2D eigenvalue weighted by Gasteiger charge is -2.41.